The maximum Gasteiger partial charge on any atom is 0.416 e. The molecule has 138 valence electrons. The zero-order chi connectivity index (χ0) is 19.8. The summed E-state index contributed by atoms with van der Waals surface area (Å²) in [5.74, 6) is 0. The van der Waals surface area contributed by atoms with Crippen molar-refractivity contribution in [2.75, 3.05) is 0 Å². The number of rotatable bonds is 3. The zero-order valence-electron chi connectivity index (χ0n) is 14.0. The molecule has 5 nitrogen and oxygen atoms in total. The lowest BCUT2D eigenvalue weighted by Gasteiger charge is -2.11. The predicted octanol–water partition coefficient (Wildman–Crippen LogP) is 4.65. The normalized spacial score (nSPS) is 11.4. The van der Waals surface area contributed by atoms with Crippen LogP contribution in [0.2, 0.25) is 0 Å². The van der Waals surface area contributed by atoms with Gasteiger partial charge < -0.3 is 4.57 Å². The van der Waals surface area contributed by atoms with Gasteiger partial charge >= 0.3 is 6.18 Å². The summed E-state index contributed by atoms with van der Waals surface area (Å²) in [6.07, 6.45) is -1.73. The van der Waals surface area contributed by atoms with Gasteiger partial charge in [0.1, 0.15) is 0 Å². The molecule has 0 unspecified atom stereocenters. The Kier molecular flexibility index (Phi) is 4.57. The lowest BCUT2D eigenvalue weighted by atomic mass is 9.98. The monoisotopic (exact) mass is 374 g/mol. The van der Waals surface area contributed by atoms with Crippen molar-refractivity contribution in [2.24, 2.45) is 7.05 Å². The van der Waals surface area contributed by atoms with E-state index in [1.807, 2.05) is 0 Å². The van der Waals surface area contributed by atoms with Gasteiger partial charge in [-0.25, -0.2) is 0 Å². The van der Waals surface area contributed by atoms with Gasteiger partial charge in [0.15, 0.2) is 5.43 Å². The average molecular weight is 374 g/mol. The molecule has 0 N–H and O–H groups in total. The quantitative estimate of drug-likeness (QED) is 0.495. The molecular weight excluding hydrogens is 361 g/mol. The number of hydrogen-bond acceptors (Lipinski definition) is 3. The van der Waals surface area contributed by atoms with Gasteiger partial charge in [-0.3, -0.25) is 14.9 Å². The Bertz CT molecular complexity index is 1090. The average Bonchev–Trinajstić information content (AvgIpc) is 2.62. The fourth-order valence-corrected chi connectivity index (χ4v) is 2.83. The van der Waals surface area contributed by atoms with E-state index >= 15 is 0 Å². The van der Waals surface area contributed by atoms with Crippen molar-refractivity contribution in [3.05, 3.63) is 86.8 Å². The molecule has 3 aromatic rings. The van der Waals surface area contributed by atoms with Crippen LogP contribution in [0.15, 0.2) is 65.7 Å². The number of para-hydroxylation sites is 1. The Labute approximate surface area is 151 Å². The van der Waals surface area contributed by atoms with Crippen molar-refractivity contribution < 1.29 is 18.1 Å². The lowest BCUT2D eigenvalue weighted by Crippen LogP contribution is -2.13. The van der Waals surface area contributed by atoms with E-state index in [2.05, 4.69) is 0 Å². The van der Waals surface area contributed by atoms with E-state index in [1.54, 1.807) is 13.1 Å². The number of hydrogen-bond donors (Lipinski definition) is 0. The van der Waals surface area contributed by atoms with Crippen LogP contribution in [0.25, 0.3) is 22.3 Å². The highest BCUT2D eigenvalue weighted by atomic mass is 19.4. The molecule has 0 aliphatic carbocycles. The largest absolute Gasteiger partial charge is 0.416 e. The topological polar surface area (TPSA) is 65.1 Å². The zero-order valence-corrected chi connectivity index (χ0v) is 14.0. The van der Waals surface area contributed by atoms with Crippen LogP contribution in [-0.4, -0.2) is 9.49 Å². The molecule has 0 atom stereocenters. The standard InChI is InChI=1S/C19H13F3N2O3/c1-23-10-15(12-5-4-6-13(9-12)19(20,21)22)18(25)16(11-23)14-7-2-3-8-17(14)24(26)27/h2-11H,1H3. The molecular formula is C19H13F3N2O3. The molecule has 2 aromatic carbocycles. The second-order valence-corrected chi connectivity index (χ2v) is 5.93. The van der Waals surface area contributed by atoms with Gasteiger partial charge in [0.05, 0.1) is 21.6 Å². The predicted molar refractivity (Wildman–Crippen MR) is 94.2 cm³/mol. The maximum absolute atomic E-state index is 13.0. The minimum absolute atomic E-state index is 0.0271. The van der Waals surface area contributed by atoms with Crippen LogP contribution in [-0.2, 0) is 13.2 Å². The molecule has 0 spiro atoms. The molecule has 0 aliphatic heterocycles. The molecule has 0 radical (unpaired) electrons. The van der Waals surface area contributed by atoms with Crippen molar-refractivity contribution in [3.8, 4) is 22.3 Å². The van der Waals surface area contributed by atoms with E-state index in [1.165, 1.54) is 47.3 Å². The molecule has 0 saturated heterocycles. The number of nitro groups is 1. The van der Waals surface area contributed by atoms with E-state index in [4.69, 9.17) is 0 Å². The number of nitro benzene ring substituents is 1. The number of aromatic nitrogens is 1. The molecule has 0 amide bonds. The fraction of sp³-hybridized carbons (Fsp3) is 0.105. The third-order valence-corrected chi connectivity index (χ3v) is 4.05. The number of aryl methyl sites for hydroxylation is 1. The van der Waals surface area contributed by atoms with Crippen LogP contribution in [0.1, 0.15) is 5.56 Å². The van der Waals surface area contributed by atoms with Gasteiger partial charge in [0.25, 0.3) is 5.69 Å². The van der Waals surface area contributed by atoms with E-state index in [0.717, 1.165) is 12.1 Å². The van der Waals surface area contributed by atoms with Crippen LogP contribution in [0.4, 0.5) is 18.9 Å². The molecule has 27 heavy (non-hydrogen) atoms. The number of alkyl halides is 3. The van der Waals surface area contributed by atoms with E-state index in [9.17, 15) is 28.1 Å². The van der Waals surface area contributed by atoms with Crippen LogP contribution in [0.5, 0.6) is 0 Å². The second kappa shape index (κ2) is 6.71. The van der Waals surface area contributed by atoms with Gasteiger partial charge in [-0.1, -0.05) is 24.3 Å². The first-order chi connectivity index (χ1) is 12.7. The highest BCUT2D eigenvalue weighted by molar-refractivity contribution is 5.77. The summed E-state index contributed by atoms with van der Waals surface area (Å²) in [6, 6.07) is 10.2. The van der Waals surface area contributed by atoms with Gasteiger partial charge in [-0.2, -0.15) is 13.2 Å². The highest BCUT2D eigenvalue weighted by Crippen LogP contribution is 2.32. The summed E-state index contributed by atoms with van der Waals surface area (Å²) in [7, 11) is 1.59. The number of halogens is 3. The Morgan fingerprint density at radius 1 is 0.963 bits per heavy atom. The minimum Gasteiger partial charge on any atom is -0.356 e. The molecule has 0 saturated carbocycles. The summed E-state index contributed by atoms with van der Waals surface area (Å²) in [5, 5.41) is 11.3. The third-order valence-electron chi connectivity index (χ3n) is 4.05. The Hall–Kier alpha value is -3.42. The summed E-state index contributed by atoms with van der Waals surface area (Å²) < 4.78 is 40.5. The molecule has 0 fully saturated rings. The number of pyridine rings is 1. The fourth-order valence-electron chi connectivity index (χ4n) is 2.83. The Morgan fingerprint density at radius 2 is 1.63 bits per heavy atom. The number of nitrogens with zero attached hydrogens (tertiary/aromatic N) is 2. The minimum atomic E-state index is -4.54. The van der Waals surface area contributed by atoms with Crippen molar-refractivity contribution in [3.63, 3.8) is 0 Å². The Balaban J connectivity index is 2.25. The van der Waals surface area contributed by atoms with Crippen LogP contribution >= 0.6 is 0 Å². The first-order valence-corrected chi connectivity index (χ1v) is 7.80. The first kappa shape index (κ1) is 18.4. The van der Waals surface area contributed by atoms with Crippen LogP contribution < -0.4 is 5.43 Å². The van der Waals surface area contributed by atoms with Gasteiger partial charge in [0.2, 0.25) is 0 Å². The molecule has 0 aliphatic rings. The molecule has 3 rings (SSSR count). The van der Waals surface area contributed by atoms with E-state index < -0.39 is 22.1 Å². The molecule has 8 heteroatoms. The van der Waals surface area contributed by atoms with Crippen molar-refractivity contribution in [1.29, 1.82) is 0 Å². The molecule has 1 heterocycles. The summed E-state index contributed by atoms with van der Waals surface area (Å²) in [5.41, 5.74) is -1.45. The second-order valence-electron chi connectivity index (χ2n) is 5.93. The van der Waals surface area contributed by atoms with E-state index in [0.29, 0.717) is 0 Å². The van der Waals surface area contributed by atoms with Crippen molar-refractivity contribution in [2.45, 2.75) is 6.18 Å². The van der Waals surface area contributed by atoms with Crippen LogP contribution in [0.3, 0.4) is 0 Å². The van der Waals surface area contributed by atoms with E-state index in [-0.39, 0.29) is 27.9 Å². The SMILES string of the molecule is Cn1cc(-c2cccc(C(F)(F)F)c2)c(=O)c(-c2ccccc2[N+](=O)[O-])c1. The lowest BCUT2D eigenvalue weighted by molar-refractivity contribution is -0.384. The number of benzene rings is 2. The van der Waals surface area contributed by atoms with Gasteiger partial charge in [-0.15, -0.1) is 0 Å². The van der Waals surface area contributed by atoms with Crippen molar-refractivity contribution in [1.82, 2.24) is 4.57 Å². The molecule has 1 aromatic heterocycles. The third kappa shape index (κ3) is 3.59. The van der Waals surface area contributed by atoms with Crippen LogP contribution in [0, 0.1) is 10.1 Å². The van der Waals surface area contributed by atoms with Crippen molar-refractivity contribution >= 4 is 5.69 Å². The summed E-state index contributed by atoms with van der Waals surface area (Å²) >= 11 is 0. The highest BCUT2D eigenvalue weighted by Gasteiger charge is 2.30. The van der Waals surface area contributed by atoms with Gasteiger partial charge in [-0.05, 0) is 23.8 Å². The van der Waals surface area contributed by atoms with Gasteiger partial charge in [0, 0.05) is 31.1 Å². The smallest absolute Gasteiger partial charge is 0.356 e. The Morgan fingerprint density at radius 3 is 2.30 bits per heavy atom. The molecule has 0 bridgehead atoms. The maximum atomic E-state index is 13.0. The first-order valence-electron chi connectivity index (χ1n) is 7.80. The summed E-state index contributed by atoms with van der Waals surface area (Å²) in [4.78, 5) is 23.6. The summed E-state index contributed by atoms with van der Waals surface area (Å²) in [6.45, 7) is 0.